The number of rotatable bonds is 5. The van der Waals surface area contributed by atoms with Crippen LogP contribution in [0.4, 0.5) is 0 Å². The fourth-order valence-electron chi connectivity index (χ4n) is 1.15. The van der Waals surface area contributed by atoms with Crippen molar-refractivity contribution in [2.24, 2.45) is 5.92 Å². The summed E-state index contributed by atoms with van der Waals surface area (Å²) in [5, 5.41) is 8.60. The molecule has 1 N–H and O–H groups in total. The molecule has 0 amide bonds. The second-order valence-electron chi connectivity index (χ2n) is 3.90. The highest BCUT2D eigenvalue weighted by atomic mass is 16.5. The van der Waals surface area contributed by atoms with Gasteiger partial charge in [0.25, 0.3) is 5.56 Å². The highest BCUT2D eigenvalue weighted by Gasteiger charge is 2.07. The number of carbonyl (C=O) groups is 1. The van der Waals surface area contributed by atoms with Gasteiger partial charge in [-0.25, -0.2) is 0 Å². The van der Waals surface area contributed by atoms with Crippen LogP contribution in [0.5, 0.6) is 5.75 Å². The molecule has 0 fully saturated rings. The molecular weight excluding hydrogens is 210 g/mol. The number of nitrogens with zero attached hydrogens (tertiary/aromatic N) is 1. The molecule has 0 aromatic carbocycles. The molecule has 0 aliphatic rings. The van der Waals surface area contributed by atoms with Crippen molar-refractivity contribution in [1.82, 2.24) is 4.57 Å². The molecule has 1 rings (SSSR count). The normalized spacial score (nSPS) is 10.4. The molecule has 0 atom stereocenters. The third-order valence-electron chi connectivity index (χ3n) is 1.86. The third-order valence-corrected chi connectivity index (χ3v) is 1.86. The van der Waals surface area contributed by atoms with E-state index >= 15 is 0 Å². The summed E-state index contributed by atoms with van der Waals surface area (Å²) in [4.78, 5) is 22.2. The molecule has 88 valence electrons. The van der Waals surface area contributed by atoms with Crippen molar-refractivity contribution in [3.05, 3.63) is 28.7 Å². The maximum Gasteiger partial charge on any atom is 0.323 e. The van der Waals surface area contributed by atoms with E-state index in [-0.39, 0.29) is 12.3 Å². The van der Waals surface area contributed by atoms with Crippen LogP contribution in [0.2, 0.25) is 0 Å². The van der Waals surface area contributed by atoms with Gasteiger partial charge in [-0.3, -0.25) is 9.59 Å². The molecule has 0 bridgehead atoms. The minimum Gasteiger partial charge on any atom is -0.488 e. The van der Waals surface area contributed by atoms with E-state index in [0.29, 0.717) is 12.5 Å². The van der Waals surface area contributed by atoms with Crippen LogP contribution < -0.4 is 10.3 Å². The van der Waals surface area contributed by atoms with Crippen molar-refractivity contribution in [1.29, 1.82) is 0 Å². The molecule has 1 heterocycles. The van der Waals surface area contributed by atoms with E-state index in [1.807, 2.05) is 13.8 Å². The van der Waals surface area contributed by atoms with Crippen LogP contribution in [0.3, 0.4) is 0 Å². The molecule has 0 spiro atoms. The van der Waals surface area contributed by atoms with E-state index in [4.69, 9.17) is 9.84 Å². The molecule has 0 radical (unpaired) electrons. The SMILES string of the molecule is CC(C)COc1cccn(CC(=O)O)c1=O. The summed E-state index contributed by atoms with van der Waals surface area (Å²) < 4.78 is 6.40. The first-order chi connectivity index (χ1) is 7.50. The molecule has 16 heavy (non-hydrogen) atoms. The zero-order valence-electron chi connectivity index (χ0n) is 9.34. The Morgan fingerprint density at radius 3 is 2.81 bits per heavy atom. The maximum atomic E-state index is 11.7. The van der Waals surface area contributed by atoms with Gasteiger partial charge in [-0.2, -0.15) is 0 Å². The summed E-state index contributed by atoms with van der Waals surface area (Å²) in [5.74, 6) is -0.548. The van der Waals surface area contributed by atoms with Gasteiger partial charge in [0, 0.05) is 6.20 Å². The second-order valence-corrected chi connectivity index (χ2v) is 3.90. The van der Waals surface area contributed by atoms with Crippen LogP contribution in [0.25, 0.3) is 0 Å². The lowest BCUT2D eigenvalue weighted by Crippen LogP contribution is -2.25. The molecule has 5 nitrogen and oxygen atoms in total. The van der Waals surface area contributed by atoms with Gasteiger partial charge in [0.05, 0.1) is 6.61 Å². The highest BCUT2D eigenvalue weighted by molar-refractivity contribution is 5.66. The van der Waals surface area contributed by atoms with Crippen LogP contribution in [-0.2, 0) is 11.3 Å². The van der Waals surface area contributed by atoms with Crippen LogP contribution in [0, 0.1) is 5.92 Å². The van der Waals surface area contributed by atoms with Crippen molar-refractivity contribution in [3.8, 4) is 5.75 Å². The molecule has 0 aliphatic carbocycles. The smallest absolute Gasteiger partial charge is 0.323 e. The van der Waals surface area contributed by atoms with Crippen molar-refractivity contribution >= 4 is 5.97 Å². The number of hydrogen-bond donors (Lipinski definition) is 1. The number of carboxylic acid groups (broad SMARTS) is 1. The van der Waals surface area contributed by atoms with Gasteiger partial charge in [-0.1, -0.05) is 13.8 Å². The first-order valence-electron chi connectivity index (χ1n) is 5.04. The predicted octanol–water partition coefficient (Wildman–Crippen LogP) is 0.968. The molecular formula is C11H15NO4. The zero-order valence-corrected chi connectivity index (χ0v) is 9.34. The third kappa shape index (κ3) is 3.42. The van der Waals surface area contributed by atoms with Gasteiger partial charge in [0.1, 0.15) is 6.54 Å². The Morgan fingerprint density at radius 1 is 1.56 bits per heavy atom. The summed E-state index contributed by atoms with van der Waals surface area (Å²) in [7, 11) is 0. The van der Waals surface area contributed by atoms with Crippen LogP contribution in [0.15, 0.2) is 23.1 Å². The lowest BCUT2D eigenvalue weighted by molar-refractivity contribution is -0.137. The maximum absolute atomic E-state index is 11.7. The van der Waals surface area contributed by atoms with E-state index in [1.54, 1.807) is 12.1 Å². The van der Waals surface area contributed by atoms with Gasteiger partial charge in [-0.15, -0.1) is 0 Å². The summed E-state index contributed by atoms with van der Waals surface area (Å²) in [5.41, 5.74) is -0.412. The monoisotopic (exact) mass is 225 g/mol. The molecule has 0 saturated carbocycles. The quantitative estimate of drug-likeness (QED) is 0.810. The largest absolute Gasteiger partial charge is 0.488 e. The average Bonchev–Trinajstić information content (AvgIpc) is 2.18. The Labute approximate surface area is 93.3 Å². The fraction of sp³-hybridized carbons (Fsp3) is 0.455. The predicted molar refractivity (Wildman–Crippen MR) is 58.7 cm³/mol. The van der Waals surface area contributed by atoms with Crippen LogP contribution in [-0.4, -0.2) is 22.2 Å². The number of hydrogen-bond acceptors (Lipinski definition) is 3. The van der Waals surface area contributed by atoms with Gasteiger partial charge in [0.15, 0.2) is 5.75 Å². The number of aliphatic carboxylic acids is 1. The van der Waals surface area contributed by atoms with E-state index in [0.717, 1.165) is 4.57 Å². The fourth-order valence-corrected chi connectivity index (χ4v) is 1.15. The van der Waals surface area contributed by atoms with Crippen LogP contribution in [0.1, 0.15) is 13.8 Å². The molecule has 0 unspecified atom stereocenters. The zero-order chi connectivity index (χ0) is 12.1. The van der Waals surface area contributed by atoms with E-state index in [9.17, 15) is 9.59 Å². The first-order valence-corrected chi connectivity index (χ1v) is 5.04. The van der Waals surface area contributed by atoms with E-state index < -0.39 is 11.5 Å². The summed E-state index contributed by atoms with van der Waals surface area (Å²) >= 11 is 0. The molecule has 0 saturated heterocycles. The standard InChI is InChI=1S/C11H15NO4/c1-8(2)7-16-9-4-3-5-12(11(9)15)6-10(13)14/h3-5,8H,6-7H2,1-2H3,(H,13,14). The van der Waals surface area contributed by atoms with Crippen molar-refractivity contribution in [2.75, 3.05) is 6.61 Å². The minimum atomic E-state index is -1.05. The Kier molecular flexibility index (Phi) is 4.10. The van der Waals surface area contributed by atoms with Gasteiger partial charge in [0.2, 0.25) is 0 Å². The van der Waals surface area contributed by atoms with Crippen molar-refractivity contribution in [2.45, 2.75) is 20.4 Å². The second kappa shape index (κ2) is 5.34. The van der Waals surface area contributed by atoms with Crippen LogP contribution >= 0.6 is 0 Å². The van der Waals surface area contributed by atoms with Crippen molar-refractivity contribution < 1.29 is 14.6 Å². The number of pyridine rings is 1. The Hall–Kier alpha value is -1.78. The molecule has 1 aromatic rings. The topological polar surface area (TPSA) is 68.5 Å². The molecule has 1 aromatic heterocycles. The first kappa shape index (κ1) is 12.3. The van der Waals surface area contributed by atoms with E-state index in [1.165, 1.54) is 6.20 Å². The van der Waals surface area contributed by atoms with Gasteiger partial charge < -0.3 is 14.4 Å². The number of carboxylic acids is 1. The van der Waals surface area contributed by atoms with Crippen molar-refractivity contribution in [3.63, 3.8) is 0 Å². The summed E-state index contributed by atoms with van der Waals surface area (Å²) in [6, 6.07) is 3.14. The lowest BCUT2D eigenvalue weighted by Gasteiger charge is -2.09. The summed E-state index contributed by atoms with van der Waals surface area (Å²) in [6.07, 6.45) is 1.43. The lowest BCUT2D eigenvalue weighted by atomic mass is 10.2. The van der Waals surface area contributed by atoms with E-state index in [2.05, 4.69) is 0 Å². The highest BCUT2D eigenvalue weighted by Crippen LogP contribution is 2.04. The molecule has 0 aliphatic heterocycles. The number of ether oxygens (including phenoxy) is 1. The Balaban J connectivity index is 2.86. The minimum absolute atomic E-state index is 0.192. The summed E-state index contributed by atoms with van der Waals surface area (Å²) in [6.45, 7) is 4.03. The average molecular weight is 225 g/mol. The molecule has 5 heteroatoms. The Morgan fingerprint density at radius 2 is 2.25 bits per heavy atom. The number of aromatic nitrogens is 1. The Bertz CT molecular complexity index is 422. The van der Waals surface area contributed by atoms with Gasteiger partial charge in [-0.05, 0) is 18.1 Å². The van der Waals surface area contributed by atoms with Gasteiger partial charge >= 0.3 is 5.97 Å².